The van der Waals surface area contributed by atoms with E-state index in [1.165, 1.54) is 17.8 Å². The molecule has 1 heterocycles. The molecule has 0 fully saturated rings. The summed E-state index contributed by atoms with van der Waals surface area (Å²) in [5.74, 6) is 0.464. The van der Waals surface area contributed by atoms with Crippen LogP contribution in [0.3, 0.4) is 0 Å². The topological polar surface area (TPSA) is 101 Å². The maximum absolute atomic E-state index is 11.7. The molecule has 0 aliphatic rings. The molecule has 0 spiro atoms. The number of thioether (sulfide) groups is 1. The second-order valence-corrected chi connectivity index (χ2v) is 5.70. The third-order valence-corrected chi connectivity index (χ3v) is 3.07. The number of carbonyl (C=O) groups is 1. The van der Waals surface area contributed by atoms with Crippen LogP contribution >= 0.6 is 11.8 Å². The molecule has 0 saturated carbocycles. The van der Waals surface area contributed by atoms with E-state index >= 15 is 0 Å². The van der Waals surface area contributed by atoms with Crippen LogP contribution in [0.4, 0.5) is 5.82 Å². The first-order chi connectivity index (χ1) is 8.38. The molecule has 100 valence electrons. The molecule has 0 aromatic carbocycles. The smallest absolute Gasteiger partial charge is 0.253 e. The van der Waals surface area contributed by atoms with Crippen molar-refractivity contribution in [2.75, 3.05) is 12.3 Å². The van der Waals surface area contributed by atoms with Crippen LogP contribution in [0, 0.1) is 5.92 Å². The van der Waals surface area contributed by atoms with Gasteiger partial charge in [-0.2, -0.15) is 0 Å². The van der Waals surface area contributed by atoms with Crippen molar-refractivity contribution >= 4 is 23.5 Å². The second kappa shape index (κ2) is 6.44. The van der Waals surface area contributed by atoms with Gasteiger partial charge in [-0.15, -0.1) is 0 Å². The zero-order valence-corrected chi connectivity index (χ0v) is 11.5. The van der Waals surface area contributed by atoms with Crippen molar-refractivity contribution in [2.45, 2.75) is 31.2 Å². The first-order valence-corrected chi connectivity index (χ1v) is 6.57. The molecule has 0 aliphatic heterocycles. The van der Waals surface area contributed by atoms with Gasteiger partial charge in [0.2, 0.25) is 5.91 Å². The van der Waals surface area contributed by atoms with Crippen LogP contribution in [0.5, 0.6) is 0 Å². The van der Waals surface area contributed by atoms with Crippen LogP contribution in [-0.4, -0.2) is 27.7 Å². The van der Waals surface area contributed by atoms with Crippen molar-refractivity contribution in [3.63, 3.8) is 0 Å². The monoisotopic (exact) mass is 270 g/mol. The molecule has 18 heavy (non-hydrogen) atoms. The fourth-order valence-corrected chi connectivity index (χ4v) is 2.02. The Balaban J connectivity index is 2.60. The van der Waals surface area contributed by atoms with E-state index in [0.717, 1.165) is 0 Å². The van der Waals surface area contributed by atoms with Gasteiger partial charge in [0, 0.05) is 12.6 Å². The van der Waals surface area contributed by atoms with E-state index in [-0.39, 0.29) is 22.5 Å². The van der Waals surface area contributed by atoms with Gasteiger partial charge >= 0.3 is 0 Å². The molecule has 1 aromatic heterocycles. The highest BCUT2D eigenvalue weighted by atomic mass is 32.2. The zero-order valence-electron chi connectivity index (χ0n) is 10.7. The highest BCUT2D eigenvalue weighted by Crippen LogP contribution is 2.18. The average molecular weight is 270 g/mol. The number of aromatic nitrogens is 2. The molecule has 0 saturated heterocycles. The standard InChI is InChI=1S/C11H18N4O2S/c1-6(2)5-13-10(17)7(3)18-11-14-8(12)4-9(16)15-11/h4,6-7H,5H2,1-3H3,(H,13,17)(H3,12,14,15,16). The molecule has 0 aliphatic carbocycles. The maximum atomic E-state index is 11.7. The van der Waals surface area contributed by atoms with Gasteiger partial charge in [0.15, 0.2) is 5.16 Å². The minimum Gasteiger partial charge on any atom is -0.383 e. The molecule has 1 aromatic rings. The van der Waals surface area contributed by atoms with Gasteiger partial charge < -0.3 is 16.0 Å². The molecule has 7 heteroatoms. The summed E-state index contributed by atoms with van der Waals surface area (Å²) in [6.07, 6.45) is 0. The number of hydrogen-bond acceptors (Lipinski definition) is 5. The molecule has 0 bridgehead atoms. The van der Waals surface area contributed by atoms with E-state index in [1.54, 1.807) is 6.92 Å². The average Bonchev–Trinajstić information content (AvgIpc) is 2.24. The largest absolute Gasteiger partial charge is 0.383 e. The Kier molecular flexibility index (Phi) is 5.21. The lowest BCUT2D eigenvalue weighted by molar-refractivity contribution is -0.120. The molecule has 1 atom stereocenters. The van der Waals surface area contributed by atoms with Gasteiger partial charge in [-0.3, -0.25) is 9.59 Å². The van der Waals surface area contributed by atoms with Crippen molar-refractivity contribution in [3.8, 4) is 0 Å². The lowest BCUT2D eigenvalue weighted by Gasteiger charge is -2.12. The van der Waals surface area contributed by atoms with Gasteiger partial charge in [-0.05, 0) is 12.8 Å². The summed E-state index contributed by atoms with van der Waals surface area (Å²) < 4.78 is 0. The Morgan fingerprint density at radius 3 is 2.78 bits per heavy atom. The summed E-state index contributed by atoms with van der Waals surface area (Å²) in [6.45, 7) is 6.43. The Labute approximate surface area is 110 Å². The molecule has 1 unspecified atom stereocenters. The van der Waals surface area contributed by atoms with Crippen molar-refractivity contribution in [1.29, 1.82) is 0 Å². The number of H-pyrrole nitrogens is 1. The number of nitrogens with two attached hydrogens (primary N) is 1. The lowest BCUT2D eigenvalue weighted by atomic mass is 10.2. The van der Waals surface area contributed by atoms with E-state index in [4.69, 9.17) is 5.73 Å². The van der Waals surface area contributed by atoms with Crippen LogP contribution in [-0.2, 0) is 4.79 Å². The summed E-state index contributed by atoms with van der Waals surface area (Å²) >= 11 is 1.17. The number of aromatic amines is 1. The minimum absolute atomic E-state index is 0.0845. The molecule has 1 amide bonds. The van der Waals surface area contributed by atoms with Crippen LogP contribution in [0.1, 0.15) is 20.8 Å². The Morgan fingerprint density at radius 1 is 1.56 bits per heavy atom. The summed E-state index contributed by atoms with van der Waals surface area (Å²) in [5, 5.41) is 2.84. The number of rotatable bonds is 5. The van der Waals surface area contributed by atoms with Gasteiger partial charge in [-0.25, -0.2) is 4.98 Å². The van der Waals surface area contributed by atoms with Crippen molar-refractivity contribution in [1.82, 2.24) is 15.3 Å². The number of amides is 1. The van der Waals surface area contributed by atoms with E-state index in [9.17, 15) is 9.59 Å². The van der Waals surface area contributed by atoms with Gasteiger partial charge in [0.25, 0.3) is 5.56 Å². The molecular formula is C11H18N4O2S. The molecular weight excluding hydrogens is 252 g/mol. The number of carbonyl (C=O) groups excluding carboxylic acids is 1. The van der Waals surface area contributed by atoms with E-state index in [1.807, 2.05) is 13.8 Å². The second-order valence-electron chi connectivity index (χ2n) is 4.37. The van der Waals surface area contributed by atoms with Crippen molar-refractivity contribution < 1.29 is 4.79 Å². The molecule has 4 N–H and O–H groups in total. The van der Waals surface area contributed by atoms with Crippen molar-refractivity contribution in [3.05, 3.63) is 16.4 Å². The minimum atomic E-state index is -0.339. The molecule has 6 nitrogen and oxygen atoms in total. The Bertz CT molecular complexity index is 472. The zero-order chi connectivity index (χ0) is 13.7. The Morgan fingerprint density at radius 2 is 2.22 bits per heavy atom. The number of nitrogens with zero attached hydrogens (tertiary/aromatic N) is 1. The van der Waals surface area contributed by atoms with Gasteiger partial charge in [-0.1, -0.05) is 25.6 Å². The Hall–Kier alpha value is -1.50. The molecule has 0 radical (unpaired) electrons. The third kappa shape index (κ3) is 4.79. The molecule has 1 rings (SSSR count). The summed E-state index contributed by atoms with van der Waals surface area (Å²) in [7, 11) is 0. The number of hydrogen-bond donors (Lipinski definition) is 3. The van der Waals surface area contributed by atoms with Crippen molar-refractivity contribution in [2.24, 2.45) is 5.92 Å². The quantitative estimate of drug-likeness (QED) is 0.537. The highest BCUT2D eigenvalue weighted by Gasteiger charge is 2.15. The maximum Gasteiger partial charge on any atom is 0.253 e. The van der Waals surface area contributed by atoms with Crippen LogP contribution in [0.25, 0.3) is 0 Å². The predicted molar refractivity (Wildman–Crippen MR) is 72.4 cm³/mol. The van der Waals surface area contributed by atoms with E-state index < -0.39 is 0 Å². The summed E-state index contributed by atoms with van der Waals surface area (Å²) in [4.78, 5) is 29.4. The van der Waals surface area contributed by atoms with Crippen LogP contribution in [0.15, 0.2) is 16.0 Å². The summed E-state index contributed by atoms with van der Waals surface area (Å²) in [5.41, 5.74) is 5.15. The predicted octanol–water partition coefficient (Wildman–Crippen LogP) is 0.605. The lowest BCUT2D eigenvalue weighted by Crippen LogP contribution is -2.33. The fraction of sp³-hybridized carbons (Fsp3) is 0.545. The SMILES string of the molecule is CC(C)CNC(=O)C(C)Sc1nc(N)cc(=O)[nH]1. The van der Waals surface area contributed by atoms with E-state index in [2.05, 4.69) is 15.3 Å². The number of anilines is 1. The normalized spacial score (nSPS) is 12.4. The van der Waals surface area contributed by atoms with E-state index in [0.29, 0.717) is 17.6 Å². The third-order valence-electron chi connectivity index (χ3n) is 2.08. The highest BCUT2D eigenvalue weighted by molar-refractivity contribution is 8.00. The fourth-order valence-electron chi connectivity index (χ4n) is 1.18. The first kappa shape index (κ1) is 14.6. The van der Waals surface area contributed by atoms with Crippen LogP contribution < -0.4 is 16.6 Å². The summed E-state index contributed by atoms with van der Waals surface area (Å²) in [6, 6.07) is 1.20. The van der Waals surface area contributed by atoms with Gasteiger partial charge in [0.05, 0.1) is 5.25 Å². The van der Waals surface area contributed by atoms with Crippen LogP contribution in [0.2, 0.25) is 0 Å². The number of nitrogen functional groups attached to an aromatic ring is 1. The first-order valence-electron chi connectivity index (χ1n) is 5.69. The van der Waals surface area contributed by atoms with Gasteiger partial charge in [0.1, 0.15) is 5.82 Å². The number of nitrogens with one attached hydrogen (secondary N) is 2.